The van der Waals surface area contributed by atoms with Crippen LogP contribution in [0.3, 0.4) is 0 Å². The van der Waals surface area contributed by atoms with E-state index in [2.05, 4.69) is 10.5 Å². The van der Waals surface area contributed by atoms with Gasteiger partial charge in [-0.15, -0.1) is 0 Å². The Morgan fingerprint density at radius 2 is 1.90 bits per heavy atom. The smallest absolute Gasteiger partial charge is 0.339 e. The number of ether oxygens (including phenoxy) is 1. The maximum absolute atomic E-state index is 13.1. The van der Waals surface area contributed by atoms with Crippen LogP contribution in [0.25, 0.3) is 0 Å². The first-order valence-electron chi connectivity index (χ1n) is 9.62. The third kappa shape index (κ3) is 4.39. The summed E-state index contributed by atoms with van der Waals surface area (Å²) in [6.07, 6.45) is 0.792. The summed E-state index contributed by atoms with van der Waals surface area (Å²) in [5.41, 5.74) is 1.58. The first-order chi connectivity index (χ1) is 14.3. The van der Waals surface area contributed by atoms with Crippen molar-refractivity contribution >= 4 is 21.9 Å². The first-order valence-corrected chi connectivity index (χ1v) is 11.1. The fourth-order valence-corrected chi connectivity index (χ4v) is 5.19. The molecule has 1 saturated heterocycles. The number of piperidine rings is 1. The molecule has 0 atom stereocenters. The van der Waals surface area contributed by atoms with Crippen LogP contribution >= 0.6 is 0 Å². The van der Waals surface area contributed by atoms with Gasteiger partial charge in [0.15, 0.2) is 0 Å². The lowest BCUT2D eigenvalue weighted by atomic mass is 9.97. The highest BCUT2D eigenvalue weighted by atomic mass is 32.2. The van der Waals surface area contributed by atoms with E-state index < -0.39 is 16.0 Å². The number of methoxy groups -OCH3 is 1. The second-order valence-electron chi connectivity index (χ2n) is 7.19. The van der Waals surface area contributed by atoms with E-state index in [-0.39, 0.29) is 35.4 Å². The molecule has 10 heteroatoms. The Morgan fingerprint density at radius 3 is 2.50 bits per heavy atom. The Kier molecular flexibility index (Phi) is 6.57. The molecule has 30 heavy (non-hydrogen) atoms. The Balaban J connectivity index is 1.64. The van der Waals surface area contributed by atoms with Crippen molar-refractivity contribution in [3.63, 3.8) is 0 Å². The van der Waals surface area contributed by atoms with Crippen LogP contribution in [0.5, 0.6) is 0 Å². The van der Waals surface area contributed by atoms with Crippen LogP contribution in [0.1, 0.15) is 40.2 Å². The third-order valence-electron chi connectivity index (χ3n) is 5.36. The number of aromatic nitrogens is 1. The van der Waals surface area contributed by atoms with Crippen LogP contribution in [-0.2, 0) is 26.1 Å². The van der Waals surface area contributed by atoms with E-state index in [1.54, 1.807) is 19.1 Å². The lowest BCUT2D eigenvalue weighted by molar-refractivity contribution is -0.126. The average molecular weight is 436 g/mol. The Bertz CT molecular complexity index is 1020. The predicted molar refractivity (Wildman–Crippen MR) is 107 cm³/mol. The molecule has 1 fully saturated rings. The lowest BCUT2D eigenvalue weighted by Crippen LogP contribution is -2.43. The highest BCUT2D eigenvalue weighted by molar-refractivity contribution is 7.89. The largest absolute Gasteiger partial charge is 0.465 e. The molecule has 0 radical (unpaired) electrons. The molecule has 1 aromatic heterocycles. The van der Waals surface area contributed by atoms with Crippen molar-refractivity contribution in [1.82, 2.24) is 14.8 Å². The molecule has 0 aliphatic carbocycles. The van der Waals surface area contributed by atoms with Gasteiger partial charge in [-0.3, -0.25) is 4.79 Å². The van der Waals surface area contributed by atoms with Gasteiger partial charge in [-0.25, -0.2) is 13.2 Å². The van der Waals surface area contributed by atoms with E-state index >= 15 is 0 Å². The second kappa shape index (κ2) is 8.97. The number of esters is 1. The van der Waals surface area contributed by atoms with Gasteiger partial charge in [-0.1, -0.05) is 17.3 Å². The SMILES string of the molecule is COC(=O)c1ccccc1S(=O)(=O)N1CCC(C(=O)NCc2c(C)noc2C)CC1. The molecular weight excluding hydrogens is 410 g/mol. The van der Waals surface area contributed by atoms with Gasteiger partial charge in [0.1, 0.15) is 5.76 Å². The molecule has 1 aliphatic rings. The van der Waals surface area contributed by atoms with Crippen molar-refractivity contribution in [2.24, 2.45) is 5.92 Å². The number of carbonyl (C=O) groups is 2. The molecule has 9 nitrogen and oxygen atoms in total. The molecular formula is C20H25N3O6S. The zero-order valence-corrected chi connectivity index (χ0v) is 18.0. The van der Waals surface area contributed by atoms with E-state index in [1.165, 1.54) is 23.5 Å². The van der Waals surface area contributed by atoms with E-state index in [1.807, 2.05) is 6.92 Å². The normalized spacial score (nSPS) is 15.7. The summed E-state index contributed by atoms with van der Waals surface area (Å²) >= 11 is 0. The van der Waals surface area contributed by atoms with Crippen molar-refractivity contribution in [2.75, 3.05) is 20.2 Å². The number of nitrogens with one attached hydrogen (secondary N) is 1. The lowest BCUT2D eigenvalue weighted by Gasteiger charge is -2.31. The summed E-state index contributed by atoms with van der Waals surface area (Å²) in [6.45, 7) is 4.32. The molecule has 1 aliphatic heterocycles. The van der Waals surface area contributed by atoms with Crippen molar-refractivity contribution < 1.29 is 27.3 Å². The average Bonchev–Trinajstić information content (AvgIpc) is 3.08. The topological polar surface area (TPSA) is 119 Å². The number of aryl methyl sites for hydroxylation is 2. The number of hydrogen-bond acceptors (Lipinski definition) is 7. The number of nitrogens with zero attached hydrogens (tertiary/aromatic N) is 2. The summed E-state index contributed by atoms with van der Waals surface area (Å²) < 4.78 is 37.2. The van der Waals surface area contributed by atoms with E-state index in [0.717, 1.165) is 11.3 Å². The van der Waals surface area contributed by atoms with Gasteiger partial charge in [0, 0.05) is 31.1 Å². The van der Waals surface area contributed by atoms with Crippen molar-refractivity contribution in [3.05, 3.63) is 46.8 Å². The maximum Gasteiger partial charge on any atom is 0.339 e. The van der Waals surface area contributed by atoms with Crippen LogP contribution in [-0.4, -0.2) is 50.0 Å². The third-order valence-corrected chi connectivity index (χ3v) is 7.31. The van der Waals surface area contributed by atoms with Gasteiger partial charge in [0.2, 0.25) is 15.9 Å². The van der Waals surface area contributed by atoms with Gasteiger partial charge in [0.05, 0.1) is 23.3 Å². The standard InChI is InChI=1S/C20H25N3O6S/c1-13-17(14(2)29-22-13)12-21-19(24)15-8-10-23(11-9-15)30(26,27)18-7-5-4-6-16(18)20(25)28-3/h4-7,15H,8-12H2,1-3H3,(H,21,24). The second-order valence-corrected chi connectivity index (χ2v) is 9.09. The summed E-state index contributed by atoms with van der Waals surface area (Å²) in [6, 6.07) is 5.96. The molecule has 0 saturated carbocycles. The molecule has 0 spiro atoms. The van der Waals surface area contributed by atoms with Crippen molar-refractivity contribution in [2.45, 2.75) is 38.1 Å². The van der Waals surface area contributed by atoms with Crippen molar-refractivity contribution in [1.29, 1.82) is 0 Å². The molecule has 3 rings (SSSR count). The van der Waals surface area contributed by atoms with Gasteiger partial charge >= 0.3 is 5.97 Å². The summed E-state index contributed by atoms with van der Waals surface area (Å²) in [7, 11) is -2.67. The highest BCUT2D eigenvalue weighted by Crippen LogP contribution is 2.26. The molecule has 1 aromatic carbocycles. The van der Waals surface area contributed by atoms with Crippen LogP contribution in [0.15, 0.2) is 33.7 Å². The number of sulfonamides is 1. The van der Waals surface area contributed by atoms with Gasteiger partial charge in [-0.2, -0.15) is 4.31 Å². The Hall–Kier alpha value is -2.72. The molecule has 0 bridgehead atoms. The highest BCUT2D eigenvalue weighted by Gasteiger charge is 2.34. The first kappa shape index (κ1) is 22.0. The number of hydrogen-bond donors (Lipinski definition) is 1. The van der Waals surface area contributed by atoms with Gasteiger partial charge in [-0.05, 0) is 38.8 Å². The molecule has 2 heterocycles. The number of carbonyl (C=O) groups excluding carboxylic acids is 2. The number of rotatable bonds is 6. The summed E-state index contributed by atoms with van der Waals surface area (Å²) in [4.78, 5) is 24.4. The predicted octanol–water partition coefficient (Wildman–Crippen LogP) is 1.80. The van der Waals surface area contributed by atoms with Crippen LogP contribution in [0.2, 0.25) is 0 Å². The van der Waals surface area contributed by atoms with E-state index in [9.17, 15) is 18.0 Å². The van der Waals surface area contributed by atoms with Crippen LogP contribution in [0.4, 0.5) is 0 Å². The maximum atomic E-state index is 13.1. The zero-order chi connectivity index (χ0) is 21.9. The zero-order valence-electron chi connectivity index (χ0n) is 17.2. The number of benzene rings is 1. The van der Waals surface area contributed by atoms with Crippen LogP contribution < -0.4 is 5.32 Å². The fourth-order valence-electron chi connectivity index (χ4n) is 3.54. The molecule has 2 aromatic rings. The molecule has 1 N–H and O–H groups in total. The number of amides is 1. The van der Waals surface area contributed by atoms with Crippen molar-refractivity contribution in [3.8, 4) is 0 Å². The summed E-state index contributed by atoms with van der Waals surface area (Å²) in [5.74, 6) is -0.449. The molecule has 1 amide bonds. The Morgan fingerprint density at radius 1 is 1.23 bits per heavy atom. The minimum absolute atomic E-state index is 0.000623. The minimum Gasteiger partial charge on any atom is -0.465 e. The quantitative estimate of drug-likeness (QED) is 0.687. The summed E-state index contributed by atoms with van der Waals surface area (Å²) in [5, 5.41) is 6.75. The molecule has 0 unspecified atom stereocenters. The van der Waals surface area contributed by atoms with E-state index in [0.29, 0.717) is 25.1 Å². The van der Waals surface area contributed by atoms with E-state index in [4.69, 9.17) is 9.26 Å². The van der Waals surface area contributed by atoms with Gasteiger partial charge in [0.25, 0.3) is 0 Å². The minimum atomic E-state index is -3.88. The monoisotopic (exact) mass is 435 g/mol. The fraction of sp³-hybridized carbons (Fsp3) is 0.450. The van der Waals surface area contributed by atoms with Gasteiger partial charge < -0.3 is 14.6 Å². The molecule has 162 valence electrons. The van der Waals surface area contributed by atoms with Crippen LogP contribution in [0, 0.1) is 19.8 Å². The Labute approximate surface area is 175 Å².